The molecule has 2 N–H and O–H groups in total. The molecule has 0 saturated heterocycles. The first-order chi connectivity index (χ1) is 13.2. The molecule has 0 bridgehead atoms. The van der Waals surface area contributed by atoms with Crippen molar-refractivity contribution in [2.45, 2.75) is 32.5 Å². The summed E-state index contributed by atoms with van der Waals surface area (Å²) in [4.78, 5) is 24.1. The summed E-state index contributed by atoms with van der Waals surface area (Å²) in [6.07, 6.45) is -5.57. The molecule has 2 aromatic carbocycles. The van der Waals surface area contributed by atoms with Crippen LogP contribution in [0.1, 0.15) is 36.7 Å². The highest BCUT2D eigenvalue weighted by Gasteiger charge is 2.32. The molecule has 0 radical (unpaired) electrons. The molecule has 2 amide bonds. The molecular weight excluding hydrogens is 416 g/mol. The van der Waals surface area contributed by atoms with Crippen molar-refractivity contribution in [2.24, 2.45) is 0 Å². The topological polar surface area (TPSA) is 67.4 Å². The first-order valence-corrected chi connectivity index (χ1v) is 8.61. The minimum atomic E-state index is -4.81. The van der Waals surface area contributed by atoms with E-state index in [0.717, 1.165) is 0 Å². The number of benzene rings is 2. The number of carbonyl (C=O) groups excluding carboxylic acids is 2. The predicted molar refractivity (Wildman–Crippen MR) is 101 cm³/mol. The van der Waals surface area contributed by atoms with Gasteiger partial charge >= 0.3 is 12.3 Å². The summed E-state index contributed by atoms with van der Waals surface area (Å²) >= 11 is 5.99. The van der Waals surface area contributed by atoms with Crippen LogP contribution in [-0.2, 0) is 10.9 Å². The van der Waals surface area contributed by atoms with Gasteiger partial charge in [0.1, 0.15) is 11.4 Å². The molecule has 0 saturated carbocycles. The molecule has 10 heteroatoms. The molecular formula is C19H17ClF4N2O3. The van der Waals surface area contributed by atoms with Crippen molar-refractivity contribution in [3.05, 3.63) is 58.4 Å². The molecule has 5 nitrogen and oxygen atoms in total. The third-order valence-corrected chi connectivity index (χ3v) is 3.68. The smallest absolute Gasteiger partial charge is 0.416 e. The average Bonchev–Trinajstić information content (AvgIpc) is 2.54. The zero-order chi connectivity index (χ0) is 22.0. The van der Waals surface area contributed by atoms with E-state index in [4.69, 9.17) is 16.3 Å². The van der Waals surface area contributed by atoms with Crippen molar-refractivity contribution in [2.75, 3.05) is 10.6 Å². The second-order valence-electron chi connectivity index (χ2n) is 7.00. The fourth-order valence-electron chi connectivity index (χ4n) is 2.20. The average molecular weight is 433 g/mol. The van der Waals surface area contributed by atoms with E-state index in [0.29, 0.717) is 12.1 Å². The van der Waals surface area contributed by atoms with E-state index in [1.54, 1.807) is 20.8 Å². The van der Waals surface area contributed by atoms with Crippen LogP contribution >= 0.6 is 11.6 Å². The van der Waals surface area contributed by atoms with E-state index in [9.17, 15) is 27.2 Å². The van der Waals surface area contributed by atoms with E-state index in [1.165, 1.54) is 18.2 Å². The fourth-order valence-corrected chi connectivity index (χ4v) is 2.36. The minimum absolute atomic E-state index is 0.00282. The molecule has 0 atom stereocenters. The van der Waals surface area contributed by atoms with Gasteiger partial charge < -0.3 is 10.1 Å². The van der Waals surface area contributed by atoms with Gasteiger partial charge in [0.2, 0.25) is 0 Å². The molecule has 156 valence electrons. The molecule has 0 heterocycles. The summed E-state index contributed by atoms with van der Waals surface area (Å²) in [5, 5.41) is 4.79. The van der Waals surface area contributed by atoms with Gasteiger partial charge in [0, 0.05) is 11.3 Å². The summed E-state index contributed by atoms with van der Waals surface area (Å²) in [6, 6.07) is 5.56. The number of ether oxygens (including phenoxy) is 1. The van der Waals surface area contributed by atoms with Gasteiger partial charge in [0.15, 0.2) is 0 Å². The number of rotatable bonds is 3. The van der Waals surface area contributed by atoms with Crippen molar-refractivity contribution < 1.29 is 31.9 Å². The lowest BCUT2D eigenvalue weighted by Crippen LogP contribution is -2.27. The highest BCUT2D eigenvalue weighted by Crippen LogP contribution is 2.31. The van der Waals surface area contributed by atoms with Gasteiger partial charge in [-0.2, -0.15) is 13.2 Å². The number of anilines is 2. The summed E-state index contributed by atoms with van der Waals surface area (Å²) in [5.74, 6) is -2.22. The van der Waals surface area contributed by atoms with E-state index in [2.05, 4.69) is 10.6 Å². The summed E-state index contributed by atoms with van der Waals surface area (Å²) < 4.78 is 57.1. The third-order valence-electron chi connectivity index (χ3n) is 3.35. The van der Waals surface area contributed by atoms with Crippen LogP contribution < -0.4 is 10.6 Å². The summed E-state index contributed by atoms with van der Waals surface area (Å²) in [7, 11) is 0. The zero-order valence-corrected chi connectivity index (χ0v) is 16.3. The maximum atomic E-state index is 13.5. The van der Waals surface area contributed by atoms with Crippen molar-refractivity contribution >= 4 is 35.0 Å². The number of hydrogen-bond acceptors (Lipinski definition) is 3. The lowest BCUT2D eigenvalue weighted by molar-refractivity contribution is -0.137. The Kier molecular flexibility index (Phi) is 6.42. The van der Waals surface area contributed by atoms with Crippen LogP contribution in [0.5, 0.6) is 0 Å². The Morgan fingerprint density at radius 2 is 1.66 bits per heavy atom. The SMILES string of the molecule is CC(C)(C)OC(=O)Nc1ccc(Cl)c(NC(=O)c2cc(F)cc(C(F)(F)F)c2)c1. The molecule has 0 unspecified atom stereocenters. The lowest BCUT2D eigenvalue weighted by atomic mass is 10.1. The standard InChI is InChI=1S/C19H17ClF4N2O3/c1-18(2,3)29-17(28)25-13-4-5-14(20)15(9-13)26-16(27)10-6-11(19(22,23)24)8-12(21)7-10/h4-9H,1-3H3,(H,25,28)(H,26,27). The first-order valence-electron chi connectivity index (χ1n) is 8.23. The van der Waals surface area contributed by atoms with E-state index in [-0.39, 0.29) is 22.5 Å². The maximum Gasteiger partial charge on any atom is 0.416 e. The Balaban J connectivity index is 2.23. The maximum absolute atomic E-state index is 13.5. The lowest BCUT2D eigenvalue weighted by Gasteiger charge is -2.20. The van der Waals surface area contributed by atoms with Crippen LogP contribution in [0.25, 0.3) is 0 Å². The molecule has 0 aliphatic heterocycles. The van der Waals surface area contributed by atoms with Crippen LogP contribution in [-0.4, -0.2) is 17.6 Å². The minimum Gasteiger partial charge on any atom is -0.444 e. The van der Waals surface area contributed by atoms with Gasteiger partial charge in [0.05, 0.1) is 16.3 Å². The Hall–Kier alpha value is -2.81. The predicted octanol–water partition coefficient (Wildman–Crippen LogP) is 6.10. The zero-order valence-electron chi connectivity index (χ0n) is 15.6. The Labute approximate surface area is 169 Å². The van der Waals surface area contributed by atoms with Crippen LogP contribution in [0.15, 0.2) is 36.4 Å². The number of hydrogen-bond donors (Lipinski definition) is 2. The molecule has 0 aromatic heterocycles. The summed E-state index contributed by atoms with van der Waals surface area (Å²) in [6.45, 7) is 5.02. The fraction of sp³-hybridized carbons (Fsp3) is 0.263. The van der Waals surface area contributed by atoms with Crippen LogP contribution in [0.3, 0.4) is 0 Å². The highest BCUT2D eigenvalue weighted by atomic mass is 35.5. The second kappa shape index (κ2) is 8.28. The summed E-state index contributed by atoms with van der Waals surface area (Å²) in [5.41, 5.74) is -2.36. The third kappa shape index (κ3) is 6.63. The molecule has 2 rings (SSSR count). The largest absolute Gasteiger partial charge is 0.444 e. The van der Waals surface area contributed by atoms with Gasteiger partial charge in [-0.1, -0.05) is 11.6 Å². The van der Waals surface area contributed by atoms with E-state index >= 15 is 0 Å². The first kappa shape index (κ1) is 22.5. The number of alkyl halides is 3. The van der Waals surface area contributed by atoms with Gasteiger partial charge in [-0.3, -0.25) is 10.1 Å². The number of amides is 2. The molecule has 0 spiro atoms. The van der Waals surface area contributed by atoms with Gasteiger partial charge in [-0.15, -0.1) is 0 Å². The van der Waals surface area contributed by atoms with Crippen molar-refractivity contribution in [1.29, 1.82) is 0 Å². The molecule has 0 aliphatic carbocycles. The monoisotopic (exact) mass is 432 g/mol. The number of halogens is 5. The molecule has 0 aliphatic rings. The Morgan fingerprint density at radius 1 is 1.00 bits per heavy atom. The Bertz CT molecular complexity index is 940. The Morgan fingerprint density at radius 3 is 2.24 bits per heavy atom. The normalized spacial score (nSPS) is 11.7. The molecule has 29 heavy (non-hydrogen) atoms. The van der Waals surface area contributed by atoms with Crippen LogP contribution in [0.2, 0.25) is 5.02 Å². The van der Waals surface area contributed by atoms with E-state index in [1.807, 2.05) is 0 Å². The van der Waals surface area contributed by atoms with Crippen LogP contribution in [0, 0.1) is 5.82 Å². The van der Waals surface area contributed by atoms with Gasteiger partial charge in [-0.05, 0) is 57.2 Å². The second-order valence-corrected chi connectivity index (χ2v) is 7.41. The highest BCUT2D eigenvalue weighted by molar-refractivity contribution is 6.34. The van der Waals surface area contributed by atoms with Crippen LogP contribution in [0.4, 0.5) is 33.7 Å². The quantitative estimate of drug-likeness (QED) is 0.576. The van der Waals surface area contributed by atoms with Crippen molar-refractivity contribution in [1.82, 2.24) is 0 Å². The van der Waals surface area contributed by atoms with Gasteiger partial charge in [0.25, 0.3) is 5.91 Å². The van der Waals surface area contributed by atoms with Gasteiger partial charge in [-0.25, -0.2) is 9.18 Å². The van der Waals surface area contributed by atoms with Crippen molar-refractivity contribution in [3.8, 4) is 0 Å². The van der Waals surface area contributed by atoms with Crippen molar-refractivity contribution in [3.63, 3.8) is 0 Å². The number of carbonyl (C=O) groups is 2. The number of nitrogens with one attached hydrogen (secondary N) is 2. The molecule has 0 fully saturated rings. The molecule has 2 aromatic rings. The van der Waals surface area contributed by atoms with E-state index < -0.39 is 40.7 Å².